The van der Waals surface area contributed by atoms with Crippen molar-refractivity contribution in [2.75, 3.05) is 11.1 Å². The van der Waals surface area contributed by atoms with Crippen LogP contribution in [0.3, 0.4) is 0 Å². The highest BCUT2D eigenvalue weighted by Crippen LogP contribution is 2.17. The van der Waals surface area contributed by atoms with Crippen molar-refractivity contribution in [3.8, 4) is 0 Å². The zero-order chi connectivity index (χ0) is 12.4. The molecular weight excluding hydrogens is 214 g/mol. The van der Waals surface area contributed by atoms with Crippen LogP contribution in [0.1, 0.15) is 21.6 Å². The molecule has 0 radical (unpaired) electrons. The van der Waals surface area contributed by atoms with Gasteiger partial charge in [0.25, 0.3) is 5.91 Å². The monoisotopic (exact) mass is 229 g/mol. The number of benzene rings is 1. The highest BCUT2D eigenvalue weighted by atomic mass is 16.1. The number of anilines is 2. The second-order valence-electron chi connectivity index (χ2n) is 4.12. The molecule has 0 aliphatic heterocycles. The van der Waals surface area contributed by atoms with E-state index in [1.165, 1.54) is 5.56 Å². The van der Waals surface area contributed by atoms with Crippen molar-refractivity contribution in [1.82, 2.24) is 4.98 Å². The number of rotatable bonds is 2. The Bertz CT molecular complexity index is 558. The van der Waals surface area contributed by atoms with Gasteiger partial charge in [0.1, 0.15) is 5.69 Å². The van der Waals surface area contributed by atoms with Crippen LogP contribution >= 0.6 is 0 Å². The van der Waals surface area contributed by atoms with Crippen LogP contribution < -0.4 is 11.1 Å². The van der Waals surface area contributed by atoms with E-state index < -0.39 is 0 Å². The number of aryl methyl sites for hydroxylation is 2. The van der Waals surface area contributed by atoms with Gasteiger partial charge >= 0.3 is 0 Å². The lowest BCUT2D eigenvalue weighted by Crippen LogP contribution is -2.13. The Morgan fingerprint density at radius 1 is 1.29 bits per heavy atom. The summed E-state index contributed by atoms with van der Waals surface area (Å²) in [5.41, 5.74) is 9.58. The van der Waals surface area contributed by atoms with Crippen LogP contribution in [0.2, 0.25) is 0 Å². The lowest BCUT2D eigenvalue weighted by atomic mass is 10.1. The number of aromatic nitrogens is 1. The SMILES string of the molecule is Cc1ccc(NC(=O)c2cc(N)c[nH]2)c(C)c1. The molecule has 2 aromatic rings. The van der Waals surface area contributed by atoms with Gasteiger partial charge in [-0.05, 0) is 31.5 Å². The van der Waals surface area contributed by atoms with Crippen molar-refractivity contribution in [1.29, 1.82) is 0 Å². The van der Waals surface area contributed by atoms with E-state index in [2.05, 4.69) is 10.3 Å². The van der Waals surface area contributed by atoms with Crippen LogP contribution in [0.25, 0.3) is 0 Å². The maximum atomic E-state index is 11.9. The van der Waals surface area contributed by atoms with Gasteiger partial charge in [0.15, 0.2) is 0 Å². The Balaban J connectivity index is 2.18. The van der Waals surface area contributed by atoms with E-state index >= 15 is 0 Å². The number of hydrogen-bond donors (Lipinski definition) is 3. The van der Waals surface area contributed by atoms with E-state index in [0.717, 1.165) is 11.3 Å². The predicted molar refractivity (Wildman–Crippen MR) is 69.1 cm³/mol. The van der Waals surface area contributed by atoms with Crippen LogP contribution in [0.5, 0.6) is 0 Å². The van der Waals surface area contributed by atoms with E-state index in [1.54, 1.807) is 12.3 Å². The van der Waals surface area contributed by atoms with E-state index in [9.17, 15) is 4.79 Å². The Morgan fingerprint density at radius 3 is 2.65 bits per heavy atom. The largest absolute Gasteiger partial charge is 0.397 e. The maximum Gasteiger partial charge on any atom is 0.272 e. The van der Waals surface area contributed by atoms with Gasteiger partial charge in [-0.1, -0.05) is 17.7 Å². The number of nitrogens with one attached hydrogen (secondary N) is 2. The number of aromatic amines is 1. The lowest BCUT2D eigenvalue weighted by Gasteiger charge is -2.08. The van der Waals surface area contributed by atoms with Crippen LogP contribution in [0.15, 0.2) is 30.5 Å². The molecule has 0 aliphatic carbocycles. The Morgan fingerprint density at radius 2 is 2.06 bits per heavy atom. The van der Waals surface area contributed by atoms with Crippen molar-refractivity contribution in [2.45, 2.75) is 13.8 Å². The molecule has 4 nitrogen and oxygen atoms in total. The molecule has 1 amide bonds. The number of nitrogen functional groups attached to an aromatic ring is 1. The summed E-state index contributed by atoms with van der Waals surface area (Å²) < 4.78 is 0. The van der Waals surface area contributed by atoms with E-state index in [1.807, 2.05) is 32.0 Å². The third-order valence-electron chi connectivity index (χ3n) is 2.58. The first-order valence-corrected chi connectivity index (χ1v) is 5.39. The van der Waals surface area contributed by atoms with E-state index in [0.29, 0.717) is 11.4 Å². The topological polar surface area (TPSA) is 70.9 Å². The first-order chi connectivity index (χ1) is 8.06. The molecule has 0 unspecified atom stereocenters. The Hall–Kier alpha value is -2.23. The maximum absolute atomic E-state index is 11.9. The van der Waals surface area contributed by atoms with Crippen molar-refractivity contribution in [3.05, 3.63) is 47.3 Å². The van der Waals surface area contributed by atoms with Crippen molar-refractivity contribution in [2.24, 2.45) is 0 Å². The molecule has 0 spiro atoms. The fourth-order valence-electron chi connectivity index (χ4n) is 1.69. The summed E-state index contributed by atoms with van der Waals surface area (Å²) in [6, 6.07) is 7.50. The van der Waals surface area contributed by atoms with Gasteiger partial charge in [0, 0.05) is 17.6 Å². The first-order valence-electron chi connectivity index (χ1n) is 5.39. The molecule has 0 atom stereocenters. The average Bonchev–Trinajstić information content (AvgIpc) is 2.69. The molecular formula is C13H15N3O. The molecule has 88 valence electrons. The smallest absolute Gasteiger partial charge is 0.272 e. The summed E-state index contributed by atoms with van der Waals surface area (Å²) in [7, 11) is 0. The van der Waals surface area contributed by atoms with Gasteiger partial charge in [-0.3, -0.25) is 4.79 Å². The summed E-state index contributed by atoms with van der Waals surface area (Å²) >= 11 is 0. The first kappa shape index (κ1) is 11.3. The highest BCUT2D eigenvalue weighted by Gasteiger charge is 2.09. The summed E-state index contributed by atoms with van der Waals surface area (Å²) in [4.78, 5) is 14.7. The van der Waals surface area contributed by atoms with Crippen molar-refractivity contribution >= 4 is 17.3 Å². The van der Waals surface area contributed by atoms with Gasteiger partial charge in [-0.25, -0.2) is 0 Å². The molecule has 4 N–H and O–H groups in total. The third-order valence-corrected chi connectivity index (χ3v) is 2.58. The fraction of sp³-hybridized carbons (Fsp3) is 0.154. The van der Waals surface area contributed by atoms with Crippen LogP contribution in [-0.4, -0.2) is 10.9 Å². The minimum absolute atomic E-state index is 0.186. The molecule has 1 aromatic carbocycles. The second kappa shape index (κ2) is 4.33. The molecule has 0 bridgehead atoms. The third kappa shape index (κ3) is 2.47. The summed E-state index contributed by atoms with van der Waals surface area (Å²) in [6.45, 7) is 3.98. The molecule has 0 aliphatic rings. The zero-order valence-electron chi connectivity index (χ0n) is 9.87. The van der Waals surface area contributed by atoms with Crippen molar-refractivity contribution in [3.63, 3.8) is 0 Å². The molecule has 0 saturated carbocycles. The van der Waals surface area contributed by atoms with Gasteiger partial charge < -0.3 is 16.0 Å². The van der Waals surface area contributed by atoms with Gasteiger partial charge in [0.05, 0.1) is 0 Å². The standard InChI is InChI=1S/C13H15N3O/c1-8-3-4-11(9(2)5-8)16-13(17)12-6-10(14)7-15-12/h3-7,15H,14H2,1-2H3,(H,16,17). The van der Waals surface area contributed by atoms with Gasteiger partial charge in [-0.2, -0.15) is 0 Å². The Labute approximate surface area is 99.8 Å². The number of nitrogens with two attached hydrogens (primary N) is 1. The average molecular weight is 229 g/mol. The van der Waals surface area contributed by atoms with Gasteiger partial charge in [-0.15, -0.1) is 0 Å². The number of amides is 1. The molecule has 4 heteroatoms. The summed E-state index contributed by atoms with van der Waals surface area (Å²) in [5.74, 6) is -0.186. The van der Waals surface area contributed by atoms with Crippen LogP contribution in [0.4, 0.5) is 11.4 Å². The quantitative estimate of drug-likeness (QED) is 0.740. The number of carbonyl (C=O) groups is 1. The minimum Gasteiger partial charge on any atom is -0.397 e. The van der Waals surface area contributed by atoms with Crippen LogP contribution in [-0.2, 0) is 0 Å². The Kier molecular flexibility index (Phi) is 2.87. The van der Waals surface area contributed by atoms with E-state index in [4.69, 9.17) is 5.73 Å². The van der Waals surface area contributed by atoms with Crippen LogP contribution in [0, 0.1) is 13.8 Å². The summed E-state index contributed by atoms with van der Waals surface area (Å²) in [5, 5.41) is 2.84. The zero-order valence-corrected chi connectivity index (χ0v) is 9.87. The van der Waals surface area contributed by atoms with Crippen molar-refractivity contribution < 1.29 is 4.79 Å². The summed E-state index contributed by atoms with van der Waals surface area (Å²) in [6.07, 6.45) is 1.59. The number of hydrogen-bond acceptors (Lipinski definition) is 2. The molecule has 1 aromatic heterocycles. The fourth-order valence-corrected chi connectivity index (χ4v) is 1.69. The lowest BCUT2D eigenvalue weighted by molar-refractivity contribution is 0.102. The molecule has 17 heavy (non-hydrogen) atoms. The minimum atomic E-state index is -0.186. The molecule has 0 fully saturated rings. The molecule has 1 heterocycles. The number of carbonyl (C=O) groups excluding carboxylic acids is 1. The predicted octanol–water partition coefficient (Wildman–Crippen LogP) is 2.47. The second-order valence-corrected chi connectivity index (χ2v) is 4.12. The molecule has 2 rings (SSSR count). The van der Waals surface area contributed by atoms with Gasteiger partial charge in [0.2, 0.25) is 0 Å². The van der Waals surface area contributed by atoms with E-state index in [-0.39, 0.29) is 5.91 Å². The highest BCUT2D eigenvalue weighted by molar-refractivity contribution is 6.03. The normalized spacial score (nSPS) is 10.2. The molecule has 0 saturated heterocycles. The number of H-pyrrole nitrogens is 1.